The van der Waals surface area contributed by atoms with Crippen molar-refractivity contribution in [1.29, 1.82) is 0 Å². The molecule has 3 aromatic rings. The van der Waals surface area contributed by atoms with Crippen LogP contribution >= 0.6 is 0 Å². The van der Waals surface area contributed by atoms with E-state index < -0.39 is 17.8 Å². The Bertz CT molecular complexity index is 1160. The molecule has 1 aromatic carbocycles. The maximum Gasteiger partial charge on any atom is 0.416 e. The summed E-state index contributed by atoms with van der Waals surface area (Å²) < 4.78 is 45.7. The molecule has 2 aromatic heterocycles. The molecule has 8 nitrogen and oxygen atoms in total. The number of unbranched alkanes of at least 4 members (excludes halogenated alkanes) is 1. The number of aromatic nitrogens is 2. The Labute approximate surface area is 201 Å². The van der Waals surface area contributed by atoms with Crippen LogP contribution < -0.4 is 20.3 Å². The van der Waals surface area contributed by atoms with Crippen LogP contribution in [0.25, 0.3) is 5.52 Å². The van der Waals surface area contributed by atoms with Gasteiger partial charge in [-0.3, -0.25) is 9.80 Å². The zero-order chi connectivity index (χ0) is 25.0. The lowest BCUT2D eigenvalue weighted by atomic mass is 10.2. The van der Waals surface area contributed by atoms with Crippen molar-refractivity contribution in [3.05, 3.63) is 54.2 Å². The van der Waals surface area contributed by atoms with E-state index in [1.165, 1.54) is 21.7 Å². The molecule has 4 rings (SSSR count). The van der Waals surface area contributed by atoms with E-state index in [4.69, 9.17) is 10.5 Å². The van der Waals surface area contributed by atoms with Gasteiger partial charge in [-0.1, -0.05) is 12.1 Å². The number of urea groups is 1. The Morgan fingerprint density at radius 1 is 1.11 bits per heavy atom. The summed E-state index contributed by atoms with van der Waals surface area (Å²) in [6, 6.07) is 10.7. The van der Waals surface area contributed by atoms with E-state index in [2.05, 4.69) is 21.0 Å². The zero-order valence-electron chi connectivity index (χ0n) is 19.5. The average molecular weight is 491 g/mol. The second-order valence-corrected chi connectivity index (χ2v) is 8.48. The molecule has 1 saturated heterocycles. The number of nitrogens with zero attached hydrogens (tertiary/aromatic N) is 5. The number of anilines is 2. The number of benzene rings is 1. The first kappa shape index (κ1) is 24.6. The van der Waals surface area contributed by atoms with Crippen LogP contribution in [0.3, 0.4) is 0 Å². The highest BCUT2D eigenvalue weighted by Gasteiger charge is 2.31. The van der Waals surface area contributed by atoms with E-state index in [9.17, 15) is 18.0 Å². The molecule has 11 heteroatoms. The minimum atomic E-state index is -4.45. The third kappa shape index (κ3) is 5.79. The van der Waals surface area contributed by atoms with Crippen molar-refractivity contribution in [2.45, 2.75) is 19.0 Å². The Balaban J connectivity index is 1.28. The molecule has 0 spiro atoms. The van der Waals surface area contributed by atoms with Crippen LogP contribution in [-0.4, -0.2) is 66.9 Å². The fourth-order valence-corrected chi connectivity index (χ4v) is 4.34. The van der Waals surface area contributed by atoms with Crippen molar-refractivity contribution >= 4 is 23.1 Å². The first-order chi connectivity index (χ1) is 16.8. The minimum Gasteiger partial charge on any atom is -0.495 e. The Morgan fingerprint density at radius 2 is 1.86 bits per heavy atom. The number of carbonyl (C=O) groups excluding carboxylic acids is 1. The third-order valence-electron chi connectivity index (χ3n) is 6.22. The number of hydrogen-bond donors (Lipinski definition) is 1. The number of para-hydroxylation sites is 2. The molecular weight excluding hydrogens is 461 g/mol. The standard InChI is InChI=1S/C24H29F3N6O2/c1-35-21-7-3-2-6-20(21)31-14-12-30(13-15-31)9-4-5-10-32(23(28)34)22-17-19-16-18(24(25,26)27)8-11-33(19)29-22/h2-3,6-8,11,16-17H,4-5,9-10,12-15H2,1H3,(H2,28,34). The summed E-state index contributed by atoms with van der Waals surface area (Å²) in [5.41, 5.74) is 6.11. The van der Waals surface area contributed by atoms with E-state index in [0.717, 1.165) is 62.7 Å². The lowest BCUT2D eigenvalue weighted by Crippen LogP contribution is -2.46. The molecule has 0 atom stereocenters. The number of primary amides is 1. The van der Waals surface area contributed by atoms with Crippen LogP contribution in [0.5, 0.6) is 5.75 Å². The number of carbonyl (C=O) groups is 1. The van der Waals surface area contributed by atoms with Crippen LogP contribution in [0.1, 0.15) is 18.4 Å². The fourth-order valence-electron chi connectivity index (χ4n) is 4.34. The summed E-state index contributed by atoms with van der Waals surface area (Å²) in [6.07, 6.45) is -1.68. The molecule has 0 bridgehead atoms. The molecule has 35 heavy (non-hydrogen) atoms. The molecule has 0 unspecified atom stereocenters. The number of ether oxygens (including phenoxy) is 1. The van der Waals surface area contributed by atoms with Gasteiger partial charge in [0, 0.05) is 45.0 Å². The van der Waals surface area contributed by atoms with Gasteiger partial charge in [0.05, 0.1) is 23.9 Å². The quantitative estimate of drug-likeness (QED) is 0.486. The van der Waals surface area contributed by atoms with Gasteiger partial charge in [0.15, 0.2) is 5.82 Å². The van der Waals surface area contributed by atoms with Crippen molar-refractivity contribution in [3.63, 3.8) is 0 Å². The number of hydrogen-bond acceptors (Lipinski definition) is 5. The largest absolute Gasteiger partial charge is 0.495 e. The number of amides is 2. The van der Waals surface area contributed by atoms with E-state index >= 15 is 0 Å². The van der Waals surface area contributed by atoms with E-state index in [-0.39, 0.29) is 11.3 Å². The van der Waals surface area contributed by atoms with Gasteiger partial charge in [-0.2, -0.15) is 13.2 Å². The molecular formula is C24H29F3N6O2. The lowest BCUT2D eigenvalue weighted by Gasteiger charge is -2.36. The topological polar surface area (TPSA) is 79.3 Å². The summed E-state index contributed by atoms with van der Waals surface area (Å²) in [6.45, 7) is 4.86. The second-order valence-electron chi connectivity index (χ2n) is 8.48. The third-order valence-corrected chi connectivity index (χ3v) is 6.22. The number of halogens is 3. The number of nitrogens with two attached hydrogens (primary N) is 1. The van der Waals surface area contributed by atoms with E-state index in [1.807, 2.05) is 18.2 Å². The van der Waals surface area contributed by atoms with Crippen LogP contribution in [-0.2, 0) is 6.18 Å². The molecule has 1 aliphatic rings. The van der Waals surface area contributed by atoms with Gasteiger partial charge >= 0.3 is 12.2 Å². The van der Waals surface area contributed by atoms with Crippen molar-refractivity contribution < 1.29 is 22.7 Å². The molecule has 0 aliphatic carbocycles. The molecule has 2 amide bonds. The number of fused-ring (bicyclic) bond motifs is 1. The zero-order valence-corrected chi connectivity index (χ0v) is 19.5. The smallest absolute Gasteiger partial charge is 0.416 e. The summed E-state index contributed by atoms with van der Waals surface area (Å²) in [4.78, 5) is 18.0. The highest BCUT2D eigenvalue weighted by Crippen LogP contribution is 2.31. The molecule has 2 N–H and O–H groups in total. The van der Waals surface area contributed by atoms with Crippen molar-refractivity contribution in [2.24, 2.45) is 5.73 Å². The first-order valence-corrected chi connectivity index (χ1v) is 11.5. The van der Waals surface area contributed by atoms with Crippen LogP contribution in [0.2, 0.25) is 0 Å². The number of rotatable bonds is 8. The van der Waals surface area contributed by atoms with E-state index in [1.54, 1.807) is 7.11 Å². The normalized spacial score (nSPS) is 14.9. The summed E-state index contributed by atoms with van der Waals surface area (Å²) in [5.74, 6) is 1.11. The molecule has 188 valence electrons. The van der Waals surface area contributed by atoms with Crippen LogP contribution in [0.15, 0.2) is 48.7 Å². The Hall–Kier alpha value is -3.47. The molecule has 3 heterocycles. The van der Waals surface area contributed by atoms with Crippen LogP contribution in [0.4, 0.5) is 29.5 Å². The van der Waals surface area contributed by atoms with Crippen molar-refractivity contribution in [2.75, 3.05) is 56.2 Å². The van der Waals surface area contributed by atoms with Gasteiger partial charge in [0.1, 0.15) is 5.75 Å². The predicted octanol–water partition coefficient (Wildman–Crippen LogP) is 3.85. The molecule has 1 aliphatic heterocycles. The van der Waals surface area contributed by atoms with Crippen molar-refractivity contribution in [3.8, 4) is 5.75 Å². The monoisotopic (exact) mass is 490 g/mol. The van der Waals surface area contributed by atoms with Gasteiger partial charge in [-0.15, -0.1) is 5.10 Å². The van der Waals surface area contributed by atoms with Gasteiger partial charge in [-0.05, 0) is 43.7 Å². The average Bonchev–Trinajstić information content (AvgIpc) is 3.26. The maximum atomic E-state index is 13.0. The van der Waals surface area contributed by atoms with Gasteiger partial charge < -0.3 is 15.4 Å². The summed E-state index contributed by atoms with van der Waals surface area (Å²) >= 11 is 0. The minimum absolute atomic E-state index is 0.238. The molecule has 1 fully saturated rings. The van der Waals surface area contributed by atoms with Crippen LogP contribution in [0, 0.1) is 0 Å². The Morgan fingerprint density at radius 3 is 2.54 bits per heavy atom. The van der Waals surface area contributed by atoms with Gasteiger partial charge in [0.2, 0.25) is 0 Å². The first-order valence-electron chi connectivity index (χ1n) is 11.5. The number of alkyl halides is 3. The molecule has 0 saturated carbocycles. The van der Waals surface area contributed by atoms with Gasteiger partial charge in [-0.25, -0.2) is 9.31 Å². The molecule has 0 radical (unpaired) electrons. The van der Waals surface area contributed by atoms with Gasteiger partial charge in [0.25, 0.3) is 0 Å². The summed E-state index contributed by atoms with van der Waals surface area (Å²) in [7, 11) is 1.68. The van der Waals surface area contributed by atoms with E-state index in [0.29, 0.717) is 13.0 Å². The summed E-state index contributed by atoms with van der Waals surface area (Å²) in [5, 5.41) is 4.23. The number of piperazine rings is 1. The van der Waals surface area contributed by atoms with Crippen molar-refractivity contribution in [1.82, 2.24) is 14.5 Å². The fraction of sp³-hybridized carbons (Fsp3) is 0.417. The lowest BCUT2D eigenvalue weighted by molar-refractivity contribution is -0.137. The highest BCUT2D eigenvalue weighted by molar-refractivity contribution is 5.90. The second kappa shape index (κ2) is 10.4. The number of pyridine rings is 1. The Kier molecular flexibility index (Phi) is 7.34. The number of methoxy groups -OCH3 is 1. The SMILES string of the molecule is COc1ccccc1N1CCN(CCCCN(C(N)=O)c2cc3cc(C(F)(F)F)ccn3n2)CC1. The highest BCUT2D eigenvalue weighted by atomic mass is 19.4. The maximum absolute atomic E-state index is 13.0. The predicted molar refractivity (Wildman–Crippen MR) is 128 cm³/mol.